The molecule has 0 saturated carbocycles. The highest BCUT2D eigenvalue weighted by molar-refractivity contribution is 5.96. The monoisotopic (exact) mass is 287 g/mol. The third-order valence-electron chi connectivity index (χ3n) is 3.01. The Hall–Kier alpha value is -2.20. The molecule has 4 heteroatoms. The molecule has 0 amide bonds. The van der Waals surface area contributed by atoms with E-state index < -0.39 is 0 Å². The van der Waals surface area contributed by atoms with Crippen LogP contribution in [0.3, 0.4) is 0 Å². The Morgan fingerprint density at radius 3 is 2.05 bits per heavy atom. The highest BCUT2D eigenvalue weighted by atomic mass is 19.1. The van der Waals surface area contributed by atoms with E-state index in [1.807, 2.05) is 19.0 Å². The van der Waals surface area contributed by atoms with E-state index >= 15 is 0 Å². The summed E-state index contributed by atoms with van der Waals surface area (Å²) < 4.78 is 18.4. The van der Waals surface area contributed by atoms with Crippen LogP contribution in [0, 0.1) is 5.82 Å². The summed E-state index contributed by atoms with van der Waals surface area (Å²) in [6, 6.07) is 12.8. The number of Topliss-reactive ketones (excluding diaryl/α,β-unsaturated/α-hetero) is 1. The SMILES string of the molecule is CN(C)CCC(=O)c1ccc(Oc2ccc(F)cc2)cc1. The van der Waals surface area contributed by atoms with Gasteiger partial charge in [0.25, 0.3) is 0 Å². The van der Waals surface area contributed by atoms with E-state index in [-0.39, 0.29) is 11.6 Å². The lowest BCUT2D eigenvalue weighted by Gasteiger charge is -2.09. The Morgan fingerprint density at radius 2 is 1.52 bits per heavy atom. The fourth-order valence-electron chi connectivity index (χ4n) is 1.82. The van der Waals surface area contributed by atoms with Gasteiger partial charge >= 0.3 is 0 Å². The third kappa shape index (κ3) is 4.68. The minimum Gasteiger partial charge on any atom is -0.457 e. The average Bonchev–Trinajstić information content (AvgIpc) is 2.48. The van der Waals surface area contributed by atoms with Gasteiger partial charge in [0, 0.05) is 18.5 Å². The van der Waals surface area contributed by atoms with Gasteiger partial charge in [-0.1, -0.05) is 0 Å². The van der Waals surface area contributed by atoms with Gasteiger partial charge in [0.2, 0.25) is 0 Å². The lowest BCUT2D eigenvalue weighted by atomic mass is 10.1. The molecule has 2 aromatic carbocycles. The van der Waals surface area contributed by atoms with Crippen LogP contribution in [0.25, 0.3) is 0 Å². The second-order valence-corrected chi connectivity index (χ2v) is 5.06. The number of ether oxygens (including phenoxy) is 1. The zero-order valence-corrected chi connectivity index (χ0v) is 12.2. The maximum atomic E-state index is 12.8. The first kappa shape index (κ1) is 15.2. The molecule has 0 N–H and O–H groups in total. The molecule has 0 aromatic heterocycles. The molecule has 0 saturated heterocycles. The third-order valence-corrected chi connectivity index (χ3v) is 3.01. The number of carbonyl (C=O) groups is 1. The first-order valence-electron chi connectivity index (χ1n) is 6.76. The summed E-state index contributed by atoms with van der Waals surface area (Å²) in [5.41, 5.74) is 0.670. The summed E-state index contributed by atoms with van der Waals surface area (Å²) in [7, 11) is 3.87. The number of ketones is 1. The largest absolute Gasteiger partial charge is 0.457 e. The van der Waals surface area contributed by atoms with Crippen LogP contribution < -0.4 is 4.74 Å². The van der Waals surface area contributed by atoms with Crippen molar-refractivity contribution in [3.63, 3.8) is 0 Å². The number of halogens is 1. The zero-order valence-electron chi connectivity index (χ0n) is 12.2. The molecule has 0 radical (unpaired) electrons. The van der Waals surface area contributed by atoms with Crippen LogP contribution in [0.1, 0.15) is 16.8 Å². The molecule has 0 unspecified atom stereocenters. The first-order chi connectivity index (χ1) is 10.0. The van der Waals surface area contributed by atoms with Crippen molar-refractivity contribution >= 4 is 5.78 Å². The van der Waals surface area contributed by atoms with E-state index in [1.54, 1.807) is 36.4 Å². The molecule has 21 heavy (non-hydrogen) atoms. The molecule has 110 valence electrons. The molecule has 3 nitrogen and oxygen atoms in total. The van der Waals surface area contributed by atoms with Crippen LogP contribution in [0.5, 0.6) is 11.5 Å². The molecular weight excluding hydrogens is 269 g/mol. The number of hydrogen-bond donors (Lipinski definition) is 0. The maximum Gasteiger partial charge on any atom is 0.164 e. The Kier molecular flexibility index (Phi) is 5.06. The molecular formula is C17H18FNO2. The zero-order chi connectivity index (χ0) is 15.2. The maximum absolute atomic E-state index is 12.8. The van der Waals surface area contributed by atoms with Crippen LogP contribution in [-0.2, 0) is 0 Å². The van der Waals surface area contributed by atoms with Gasteiger partial charge < -0.3 is 9.64 Å². The summed E-state index contributed by atoms with van der Waals surface area (Å²) in [5, 5.41) is 0. The lowest BCUT2D eigenvalue weighted by molar-refractivity contribution is 0.0972. The summed E-state index contributed by atoms with van der Waals surface area (Å²) in [6.07, 6.45) is 0.491. The highest BCUT2D eigenvalue weighted by Gasteiger charge is 2.06. The van der Waals surface area contributed by atoms with Crippen LogP contribution in [-0.4, -0.2) is 31.3 Å². The van der Waals surface area contributed by atoms with Crippen molar-refractivity contribution in [3.8, 4) is 11.5 Å². The molecule has 0 bridgehead atoms. The molecule has 0 atom stereocenters. The van der Waals surface area contributed by atoms with Gasteiger partial charge in [-0.15, -0.1) is 0 Å². The van der Waals surface area contributed by atoms with Gasteiger partial charge in [-0.3, -0.25) is 4.79 Å². The summed E-state index contributed by atoms with van der Waals surface area (Å²) in [6.45, 7) is 0.729. The molecule has 2 rings (SSSR count). The topological polar surface area (TPSA) is 29.5 Å². The Labute approximate surface area is 124 Å². The van der Waals surface area contributed by atoms with Crippen LogP contribution in [0.15, 0.2) is 48.5 Å². The number of carbonyl (C=O) groups excluding carboxylic acids is 1. The smallest absolute Gasteiger partial charge is 0.164 e. The minimum atomic E-state index is -0.302. The average molecular weight is 287 g/mol. The predicted molar refractivity (Wildman–Crippen MR) is 80.4 cm³/mol. The van der Waals surface area contributed by atoms with E-state index in [9.17, 15) is 9.18 Å². The quantitative estimate of drug-likeness (QED) is 0.758. The number of hydrogen-bond acceptors (Lipinski definition) is 3. The second-order valence-electron chi connectivity index (χ2n) is 5.06. The second kappa shape index (κ2) is 6.99. The highest BCUT2D eigenvalue weighted by Crippen LogP contribution is 2.22. The van der Waals surface area contributed by atoms with Crippen LogP contribution in [0.4, 0.5) is 4.39 Å². The van der Waals surface area contributed by atoms with Gasteiger partial charge in [0.15, 0.2) is 5.78 Å². The van der Waals surface area contributed by atoms with Gasteiger partial charge in [-0.05, 0) is 62.6 Å². The fourth-order valence-corrected chi connectivity index (χ4v) is 1.82. The van der Waals surface area contributed by atoms with Crippen molar-refractivity contribution in [2.75, 3.05) is 20.6 Å². The first-order valence-corrected chi connectivity index (χ1v) is 6.76. The van der Waals surface area contributed by atoms with Gasteiger partial charge in [-0.2, -0.15) is 0 Å². The van der Waals surface area contributed by atoms with Crippen LogP contribution in [0.2, 0.25) is 0 Å². The van der Waals surface area contributed by atoms with Crippen molar-refractivity contribution in [3.05, 3.63) is 59.9 Å². The van der Waals surface area contributed by atoms with Crippen molar-refractivity contribution in [1.82, 2.24) is 4.90 Å². The van der Waals surface area contributed by atoms with Gasteiger partial charge in [-0.25, -0.2) is 4.39 Å². The molecule has 2 aromatic rings. The number of nitrogens with zero attached hydrogens (tertiary/aromatic N) is 1. The minimum absolute atomic E-state index is 0.108. The number of benzene rings is 2. The van der Waals surface area contributed by atoms with Crippen LogP contribution >= 0.6 is 0 Å². The normalized spacial score (nSPS) is 10.7. The Balaban J connectivity index is 1.98. The fraction of sp³-hybridized carbons (Fsp3) is 0.235. The molecule has 0 fully saturated rings. The van der Waals surface area contributed by atoms with E-state index in [0.29, 0.717) is 23.5 Å². The van der Waals surface area contributed by atoms with Gasteiger partial charge in [0.05, 0.1) is 0 Å². The number of rotatable bonds is 6. The lowest BCUT2D eigenvalue weighted by Crippen LogP contribution is -2.16. The molecule has 0 aliphatic heterocycles. The van der Waals surface area contributed by atoms with Gasteiger partial charge in [0.1, 0.15) is 17.3 Å². The molecule has 0 aliphatic carbocycles. The summed E-state index contributed by atoms with van der Waals surface area (Å²) >= 11 is 0. The van der Waals surface area contributed by atoms with E-state index in [0.717, 1.165) is 6.54 Å². The van der Waals surface area contributed by atoms with E-state index in [2.05, 4.69) is 0 Å². The van der Waals surface area contributed by atoms with Crippen molar-refractivity contribution in [2.45, 2.75) is 6.42 Å². The molecule has 0 heterocycles. The standard InChI is InChI=1S/C17H18FNO2/c1-19(2)12-11-17(20)13-3-7-15(8-4-13)21-16-9-5-14(18)6-10-16/h3-10H,11-12H2,1-2H3. The summed E-state index contributed by atoms with van der Waals surface area (Å²) in [4.78, 5) is 13.9. The van der Waals surface area contributed by atoms with Crippen molar-refractivity contribution < 1.29 is 13.9 Å². The van der Waals surface area contributed by atoms with E-state index in [4.69, 9.17) is 4.74 Å². The molecule has 0 spiro atoms. The summed E-state index contributed by atoms with van der Waals surface area (Å²) in [5.74, 6) is 0.982. The van der Waals surface area contributed by atoms with E-state index in [1.165, 1.54) is 12.1 Å². The predicted octanol–water partition coefficient (Wildman–Crippen LogP) is 3.75. The van der Waals surface area contributed by atoms with Crippen molar-refractivity contribution in [1.29, 1.82) is 0 Å². The Bertz CT molecular complexity index is 591. The molecule has 0 aliphatic rings. The Morgan fingerprint density at radius 1 is 1.00 bits per heavy atom. The van der Waals surface area contributed by atoms with Crippen molar-refractivity contribution in [2.24, 2.45) is 0 Å².